The summed E-state index contributed by atoms with van der Waals surface area (Å²) in [6.45, 7) is 9.16. The van der Waals surface area contributed by atoms with Crippen molar-refractivity contribution in [3.8, 4) is 0 Å². The molecule has 0 heterocycles. The van der Waals surface area contributed by atoms with Crippen molar-refractivity contribution in [2.75, 3.05) is 19.7 Å². The third kappa shape index (κ3) is 14.3. The molecule has 2 nitrogen and oxygen atoms in total. The Kier molecular flexibility index (Phi) is 13.8. The number of aliphatic hydroxyl groups is 1. The first-order valence-corrected chi connectivity index (χ1v) is 8.94. The maximum Gasteiger partial charge on any atom is 0.0436 e. The molecule has 0 bridgehead atoms. The summed E-state index contributed by atoms with van der Waals surface area (Å²) in [5.41, 5.74) is 0.229. The van der Waals surface area contributed by atoms with Gasteiger partial charge in [-0.15, -0.1) is 0 Å². The summed E-state index contributed by atoms with van der Waals surface area (Å²) in [7, 11) is 0. The summed E-state index contributed by atoms with van der Waals surface area (Å²) >= 11 is 0. The Hall–Kier alpha value is -0.0800. The van der Waals surface area contributed by atoms with E-state index in [1.165, 1.54) is 64.2 Å². The highest BCUT2D eigenvalue weighted by Crippen LogP contribution is 2.17. The van der Waals surface area contributed by atoms with Crippen molar-refractivity contribution < 1.29 is 5.11 Å². The van der Waals surface area contributed by atoms with Gasteiger partial charge in [-0.1, -0.05) is 78.6 Å². The van der Waals surface area contributed by atoms with Crippen LogP contribution in [0.3, 0.4) is 0 Å². The van der Waals surface area contributed by atoms with Crippen molar-refractivity contribution >= 4 is 0 Å². The summed E-state index contributed by atoms with van der Waals surface area (Å²) in [5, 5.41) is 12.5. The molecule has 0 aromatic rings. The van der Waals surface area contributed by atoms with Crippen LogP contribution in [-0.2, 0) is 0 Å². The Bertz CT molecular complexity index is 192. The number of hydrogen-bond acceptors (Lipinski definition) is 2. The first kappa shape index (κ1) is 19.9. The minimum Gasteiger partial charge on any atom is -0.396 e. The highest BCUT2D eigenvalue weighted by atomic mass is 16.3. The highest BCUT2D eigenvalue weighted by molar-refractivity contribution is 4.70. The molecule has 122 valence electrons. The van der Waals surface area contributed by atoms with E-state index in [0.717, 1.165) is 19.5 Å². The Morgan fingerprint density at radius 2 is 1.30 bits per heavy atom. The summed E-state index contributed by atoms with van der Waals surface area (Å²) < 4.78 is 0. The molecular weight excluding hydrogens is 246 g/mol. The van der Waals surface area contributed by atoms with E-state index < -0.39 is 0 Å². The molecule has 0 saturated carbocycles. The van der Waals surface area contributed by atoms with Crippen molar-refractivity contribution in [3.05, 3.63) is 0 Å². The molecule has 20 heavy (non-hydrogen) atoms. The van der Waals surface area contributed by atoms with Crippen LogP contribution in [0.1, 0.15) is 91.4 Å². The molecule has 0 spiro atoms. The minimum absolute atomic E-state index is 0.229. The van der Waals surface area contributed by atoms with Gasteiger partial charge in [-0.3, -0.25) is 0 Å². The zero-order valence-corrected chi connectivity index (χ0v) is 14.3. The van der Waals surface area contributed by atoms with Crippen molar-refractivity contribution in [3.63, 3.8) is 0 Å². The molecule has 0 aliphatic rings. The number of nitrogens with one attached hydrogen (secondary N) is 1. The second-order valence-electron chi connectivity index (χ2n) is 7.00. The highest BCUT2D eigenvalue weighted by Gasteiger charge is 2.15. The minimum atomic E-state index is 0.229. The largest absolute Gasteiger partial charge is 0.396 e. The molecule has 0 aromatic carbocycles. The van der Waals surface area contributed by atoms with Gasteiger partial charge in [0, 0.05) is 13.2 Å². The lowest BCUT2D eigenvalue weighted by molar-refractivity contribution is 0.207. The van der Waals surface area contributed by atoms with E-state index in [-0.39, 0.29) is 5.41 Å². The van der Waals surface area contributed by atoms with Crippen LogP contribution in [0.25, 0.3) is 0 Å². The molecule has 0 rings (SSSR count). The fourth-order valence-electron chi connectivity index (χ4n) is 2.56. The third-order valence-electron chi connectivity index (χ3n) is 4.10. The predicted octanol–water partition coefficient (Wildman–Crippen LogP) is 4.91. The van der Waals surface area contributed by atoms with Crippen molar-refractivity contribution in [1.29, 1.82) is 0 Å². The molecule has 2 N–H and O–H groups in total. The second-order valence-corrected chi connectivity index (χ2v) is 7.00. The van der Waals surface area contributed by atoms with E-state index in [2.05, 4.69) is 26.1 Å². The van der Waals surface area contributed by atoms with Crippen LogP contribution in [0.4, 0.5) is 0 Å². The normalized spacial score (nSPS) is 12.0. The first-order chi connectivity index (χ1) is 9.62. The standard InChI is InChI=1S/C18H39NO/c1-4-5-6-7-8-9-10-11-12-13-15-19-17-18(2,3)14-16-20/h19-20H,4-17H2,1-3H3. The van der Waals surface area contributed by atoms with Gasteiger partial charge in [0.2, 0.25) is 0 Å². The Labute approximate surface area is 127 Å². The van der Waals surface area contributed by atoms with Gasteiger partial charge in [-0.25, -0.2) is 0 Å². The van der Waals surface area contributed by atoms with E-state index in [9.17, 15) is 0 Å². The van der Waals surface area contributed by atoms with Gasteiger partial charge in [-0.2, -0.15) is 0 Å². The Morgan fingerprint density at radius 1 is 0.800 bits per heavy atom. The summed E-state index contributed by atoms with van der Waals surface area (Å²) in [4.78, 5) is 0. The lowest BCUT2D eigenvalue weighted by Gasteiger charge is -2.23. The van der Waals surface area contributed by atoms with Gasteiger partial charge < -0.3 is 10.4 Å². The molecule has 0 atom stereocenters. The lowest BCUT2D eigenvalue weighted by atomic mass is 9.90. The van der Waals surface area contributed by atoms with Gasteiger partial charge in [0.05, 0.1) is 0 Å². The fourth-order valence-corrected chi connectivity index (χ4v) is 2.56. The van der Waals surface area contributed by atoms with Gasteiger partial charge in [0.1, 0.15) is 0 Å². The van der Waals surface area contributed by atoms with E-state index in [1.807, 2.05) is 0 Å². The molecule has 2 heteroatoms. The third-order valence-corrected chi connectivity index (χ3v) is 4.10. The average Bonchev–Trinajstić information content (AvgIpc) is 2.40. The predicted molar refractivity (Wildman–Crippen MR) is 90.2 cm³/mol. The number of aliphatic hydroxyl groups excluding tert-OH is 1. The van der Waals surface area contributed by atoms with Crippen LogP contribution in [0.5, 0.6) is 0 Å². The van der Waals surface area contributed by atoms with Gasteiger partial charge in [-0.05, 0) is 24.8 Å². The fraction of sp³-hybridized carbons (Fsp3) is 1.00. The molecule has 0 amide bonds. The average molecular weight is 286 g/mol. The number of hydrogen-bond donors (Lipinski definition) is 2. The Balaban J connectivity index is 3.13. The Morgan fingerprint density at radius 3 is 1.80 bits per heavy atom. The maximum atomic E-state index is 8.97. The van der Waals surface area contributed by atoms with Crippen LogP contribution in [0, 0.1) is 5.41 Å². The van der Waals surface area contributed by atoms with Crippen molar-refractivity contribution in [2.24, 2.45) is 5.41 Å². The topological polar surface area (TPSA) is 32.3 Å². The SMILES string of the molecule is CCCCCCCCCCCCNCC(C)(C)CCO. The van der Waals surface area contributed by atoms with Gasteiger partial charge in [0.15, 0.2) is 0 Å². The van der Waals surface area contributed by atoms with Crippen LogP contribution in [0.2, 0.25) is 0 Å². The molecule has 0 aliphatic carbocycles. The molecule has 0 radical (unpaired) electrons. The van der Waals surface area contributed by atoms with Crippen LogP contribution in [-0.4, -0.2) is 24.8 Å². The zero-order valence-electron chi connectivity index (χ0n) is 14.3. The van der Waals surface area contributed by atoms with E-state index in [1.54, 1.807) is 0 Å². The van der Waals surface area contributed by atoms with Gasteiger partial charge in [0.25, 0.3) is 0 Å². The van der Waals surface area contributed by atoms with E-state index in [0.29, 0.717) is 6.61 Å². The molecule has 0 fully saturated rings. The summed E-state index contributed by atoms with van der Waals surface area (Å²) in [6.07, 6.45) is 14.9. The van der Waals surface area contributed by atoms with Crippen LogP contribution < -0.4 is 5.32 Å². The summed E-state index contributed by atoms with van der Waals surface area (Å²) in [5.74, 6) is 0. The van der Waals surface area contributed by atoms with E-state index in [4.69, 9.17) is 5.11 Å². The van der Waals surface area contributed by atoms with Gasteiger partial charge >= 0.3 is 0 Å². The monoisotopic (exact) mass is 285 g/mol. The number of rotatable bonds is 15. The molecule has 0 aromatic heterocycles. The molecule has 0 unspecified atom stereocenters. The molecule has 0 saturated heterocycles. The first-order valence-electron chi connectivity index (χ1n) is 8.94. The quantitative estimate of drug-likeness (QED) is 0.419. The summed E-state index contributed by atoms with van der Waals surface area (Å²) in [6, 6.07) is 0. The van der Waals surface area contributed by atoms with Crippen LogP contribution in [0.15, 0.2) is 0 Å². The smallest absolute Gasteiger partial charge is 0.0436 e. The lowest BCUT2D eigenvalue weighted by Crippen LogP contribution is -2.30. The molecule has 0 aliphatic heterocycles. The van der Waals surface area contributed by atoms with Crippen molar-refractivity contribution in [2.45, 2.75) is 91.4 Å². The maximum absolute atomic E-state index is 8.97. The van der Waals surface area contributed by atoms with Crippen LogP contribution >= 0.6 is 0 Å². The zero-order chi connectivity index (χ0) is 15.1. The molecular formula is C18H39NO. The van der Waals surface area contributed by atoms with E-state index >= 15 is 0 Å². The van der Waals surface area contributed by atoms with Crippen molar-refractivity contribution in [1.82, 2.24) is 5.32 Å². The second kappa shape index (κ2) is 13.9. The number of unbranched alkanes of at least 4 members (excludes halogenated alkanes) is 9.